The summed E-state index contributed by atoms with van der Waals surface area (Å²) in [6.07, 6.45) is 8.43. The van der Waals surface area contributed by atoms with Crippen LogP contribution in [0.4, 0.5) is 0 Å². The average molecular weight is 227 g/mol. The summed E-state index contributed by atoms with van der Waals surface area (Å²) < 4.78 is 5.85. The maximum Gasteiger partial charge on any atom is 0.0671 e. The van der Waals surface area contributed by atoms with Gasteiger partial charge in [-0.15, -0.1) is 0 Å². The molecule has 2 unspecified atom stereocenters. The fourth-order valence-electron chi connectivity index (χ4n) is 2.43. The molecule has 2 atom stereocenters. The van der Waals surface area contributed by atoms with Gasteiger partial charge in [-0.2, -0.15) is 0 Å². The van der Waals surface area contributed by atoms with Crippen molar-refractivity contribution >= 4 is 0 Å². The Labute approximate surface area is 101 Å². The standard InChI is InChI=1S/C14H29NO/c1-4-7-12(2)11-16-13(3)10-15-14-8-5-6-9-14/h12-15H,4-11H2,1-3H3. The van der Waals surface area contributed by atoms with Crippen LogP contribution < -0.4 is 5.32 Å². The molecule has 1 aliphatic rings. The van der Waals surface area contributed by atoms with Gasteiger partial charge in [-0.25, -0.2) is 0 Å². The minimum absolute atomic E-state index is 0.361. The van der Waals surface area contributed by atoms with Gasteiger partial charge in [0, 0.05) is 19.2 Å². The van der Waals surface area contributed by atoms with Crippen LogP contribution in [0.2, 0.25) is 0 Å². The second-order valence-corrected chi connectivity index (χ2v) is 5.43. The van der Waals surface area contributed by atoms with E-state index in [0.29, 0.717) is 12.0 Å². The maximum atomic E-state index is 5.85. The van der Waals surface area contributed by atoms with Gasteiger partial charge in [-0.1, -0.05) is 33.1 Å². The largest absolute Gasteiger partial charge is 0.377 e. The second-order valence-electron chi connectivity index (χ2n) is 5.43. The second kappa shape index (κ2) is 8.08. The Morgan fingerprint density at radius 1 is 1.25 bits per heavy atom. The molecular weight excluding hydrogens is 198 g/mol. The lowest BCUT2D eigenvalue weighted by Crippen LogP contribution is -2.34. The molecule has 2 nitrogen and oxygen atoms in total. The molecule has 1 N–H and O–H groups in total. The van der Waals surface area contributed by atoms with E-state index in [0.717, 1.165) is 19.2 Å². The zero-order valence-corrected chi connectivity index (χ0v) is 11.3. The third kappa shape index (κ3) is 5.86. The molecule has 1 aliphatic carbocycles. The highest BCUT2D eigenvalue weighted by molar-refractivity contribution is 4.74. The molecule has 1 saturated carbocycles. The number of rotatable bonds is 8. The summed E-state index contributed by atoms with van der Waals surface area (Å²) in [6, 6.07) is 0.763. The smallest absolute Gasteiger partial charge is 0.0671 e. The lowest BCUT2D eigenvalue weighted by molar-refractivity contribution is 0.0407. The Kier molecular flexibility index (Phi) is 7.06. The molecule has 96 valence electrons. The normalized spacial score (nSPS) is 21.2. The van der Waals surface area contributed by atoms with E-state index in [-0.39, 0.29) is 0 Å². The molecule has 0 saturated heterocycles. The molecule has 1 fully saturated rings. The Morgan fingerprint density at radius 3 is 2.56 bits per heavy atom. The summed E-state index contributed by atoms with van der Waals surface area (Å²) in [5.41, 5.74) is 0. The summed E-state index contributed by atoms with van der Waals surface area (Å²) in [4.78, 5) is 0. The first-order valence-electron chi connectivity index (χ1n) is 7.07. The topological polar surface area (TPSA) is 21.3 Å². The summed E-state index contributed by atoms with van der Waals surface area (Å²) in [5.74, 6) is 0.707. The van der Waals surface area contributed by atoms with E-state index in [9.17, 15) is 0 Å². The van der Waals surface area contributed by atoms with E-state index in [1.165, 1.54) is 38.5 Å². The first-order valence-corrected chi connectivity index (χ1v) is 7.07. The van der Waals surface area contributed by atoms with Gasteiger partial charge in [0.05, 0.1) is 6.10 Å². The van der Waals surface area contributed by atoms with Crippen molar-refractivity contribution in [2.45, 2.75) is 71.4 Å². The Bertz CT molecular complexity index is 166. The van der Waals surface area contributed by atoms with Gasteiger partial charge in [-0.3, -0.25) is 0 Å². The fraction of sp³-hybridized carbons (Fsp3) is 1.00. The van der Waals surface area contributed by atoms with Crippen molar-refractivity contribution in [3.63, 3.8) is 0 Å². The van der Waals surface area contributed by atoms with Gasteiger partial charge in [0.1, 0.15) is 0 Å². The predicted octanol–water partition coefficient (Wildman–Crippen LogP) is 3.36. The molecule has 0 aromatic carbocycles. The van der Waals surface area contributed by atoms with Gasteiger partial charge in [0.2, 0.25) is 0 Å². The van der Waals surface area contributed by atoms with Crippen molar-refractivity contribution in [2.75, 3.05) is 13.2 Å². The molecule has 0 radical (unpaired) electrons. The van der Waals surface area contributed by atoms with Crippen molar-refractivity contribution in [2.24, 2.45) is 5.92 Å². The summed E-state index contributed by atoms with van der Waals surface area (Å²) in [7, 11) is 0. The molecule has 0 bridgehead atoms. The van der Waals surface area contributed by atoms with Crippen molar-refractivity contribution in [3.8, 4) is 0 Å². The van der Waals surface area contributed by atoms with E-state index in [1.54, 1.807) is 0 Å². The first-order chi connectivity index (χ1) is 7.72. The number of hydrogen-bond donors (Lipinski definition) is 1. The monoisotopic (exact) mass is 227 g/mol. The van der Waals surface area contributed by atoms with Crippen LogP contribution in [-0.4, -0.2) is 25.3 Å². The Morgan fingerprint density at radius 2 is 1.94 bits per heavy atom. The van der Waals surface area contributed by atoms with Gasteiger partial charge in [-0.05, 0) is 32.1 Å². The van der Waals surface area contributed by atoms with E-state index >= 15 is 0 Å². The minimum Gasteiger partial charge on any atom is -0.377 e. The number of hydrogen-bond acceptors (Lipinski definition) is 2. The van der Waals surface area contributed by atoms with E-state index < -0.39 is 0 Å². The Hall–Kier alpha value is -0.0800. The maximum absolute atomic E-state index is 5.85. The average Bonchev–Trinajstić information content (AvgIpc) is 2.77. The molecular formula is C14H29NO. The van der Waals surface area contributed by atoms with Crippen molar-refractivity contribution < 1.29 is 4.74 Å². The highest BCUT2D eigenvalue weighted by Crippen LogP contribution is 2.17. The van der Waals surface area contributed by atoms with Gasteiger partial charge in [0.15, 0.2) is 0 Å². The van der Waals surface area contributed by atoms with Crippen LogP contribution in [0, 0.1) is 5.92 Å². The predicted molar refractivity (Wildman–Crippen MR) is 69.7 cm³/mol. The van der Waals surface area contributed by atoms with Crippen LogP contribution in [0.3, 0.4) is 0 Å². The van der Waals surface area contributed by atoms with E-state index in [4.69, 9.17) is 4.74 Å². The van der Waals surface area contributed by atoms with Crippen LogP contribution in [0.15, 0.2) is 0 Å². The molecule has 0 spiro atoms. The van der Waals surface area contributed by atoms with Crippen LogP contribution in [0.1, 0.15) is 59.3 Å². The van der Waals surface area contributed by atoms with Crippen molar-refractivity contribution in [1.29, 1.82) is 0 Å². The molecule has 1 rings (SSSR count). The highest BCUT2D eigenvalue weighted by Gasteiger charge is 2.15. The van der Waals surface area contributed by atoms with Crippen molar-refractivity contribution in [3.05, 3.63) is 0 Å². The summed E-state index contributed by atoms with van der Waals surface area (Å²) in [6.45, 7) is 8.63. The lowest BCUT2D eigenvalue weighted by atomic mass is 10.1. The molecule has 16 heavy (non-hydrogen) atoms. The van der Waals surface area contributed by atoms with Crippen LogP contribution in [0.5, 0.6) is 0 Å². The van der Waals surface area contributed by atoms with E-state index in [1.807, 2.05) is 0 Å². The molecule has 0 aromatic rings. The number of nitrogens with one attached hydrogen (secondary N) is 1. The fourth-order valence-corrected chi connectivity index (χ4v) is 2.43. The third-order valence-corrected chi connectivity index (χ3v) is 3.50. The molecule has 0 heterocycles. The number of ether oxygens (including phenoxy) is 1. The quantitative estimate of drug-likeness (QED) is 0.686. The minimum atomic E-state index is 0.361. The lowest BCUT2D eigenvalue weighted by Gasteiger charge is -2.19. The first kappa shape index (κ1) is 14.0. The van der Waals surface area contributed by atoms with Crippen LogP contribution >= 0.6 is 0 Å². The zero-order valence-electron chi connectivity index (χ0n) is 11.3. The van der Waals surface area contributed by atoms with E-state index in [2.05, 4.69) is 26.1 Å². The third-order valence-electron chi connectivity index (χ3n) is 3.50. The van der Waals surface area contributed by atoms with Crippen molar-refractivity contribution in [1.82, 2.24) is 5.32 Å². The highest BCUT2D eigenvalue weighted by atomic mass is 16.5. The van der Waals surface area contributed by atoms with Gasteiger partial charge < -0.3 is 10.1 Å². The van der Waals surface area contributed by atoms with Crippen LogP contribution in [0.25, 0.3) is 0 Å². The molecule has 2 heteroatoms. The van der Waals surface area contributed by atoms with Gasteiger partial charge in [0.25, 0.3) is 0 Å². The Balaban J connectivity index is 1.99. The zero-order chi connectivity index (χ0) is 11.8. The molecule has 0 aromatic heterocycles. The summed E-state index contributed by atoms with van der Waals surface area (Å²) >= 11 is 0. The van der Waals surface area contributed by atoms with Crippen LogP contribution in [-0.2, 0) is 4.74 Å². The SMILES string of the molecule is CCCC(C)COC(C)CNC1CCCC1. The molecule has 0 amide bonds. The molecule has 0 aliphatic heterocycles. The summed E-state index contributed by atoms with van der Waals surface area (Å²) in [5, 5.41) is 3.61. The van der Waals surface area contributed by atoms with Gasteiger partial charge >= 0.3 is 0 Å².